The van der Waals surface area contributed by atoms with Crippen LogP contribution >= 0.6 is 11.6 Å². The van der Waals surface area contributed by atoms with Crippen molar-refractivity contribution < 1.29 is 8.42 Å². The SMILES string of the molecule is CCc1nc2cc(Cl)c(S(N)(=O)=O)cc2[nH]1. The van der Waals surface area contributed by atoms with Crippen molar-refractivity contribution in [3.63, 3.8) is 0 Å². The summed E-state index contributed by atoms with van der Waals surface area (Å²) in [7, 11) is -3.80. The zero-order chi connectivity index (χ0) is 11.9. The number of aromatic nitrogens is 2. The molecule has 0 bridgehead atoms. The van der Waals surface area contributed by atoms with E-state index in [-0.39, 0.29) is 9.92 Å². The monoisotopic (exact) mass is 259 g/mol. The van der Waals surface area contributed by atoms with Crippen molar-refractivity contribution >= 4 is 32.7 Å². The number of primary sulfonamides is 1. The number of imidazole rings is 1. The van der Waals surface area contributed by atoms with E-state index in [1.807, 2.05) is 6.92 Å². The molecule has 0 saturated heterocycles. The van der Waals surface area contributed by atoms with E-state index in [4.69, 9.17) is 16.7 Å². The summed E-state index contributed by atoms with van der Waals surface area (Å²) in [5, 5.41) is 5.13. The predicted octanol–water partition coefficient (Wildman–Crippen LogP) is 1.43. The van der Waals surface area contributed by atoms with E-state index in [1.54, 1.807) is 0 Å². The molecule has 5 nitrogen and oxygen atoms in total. The molecule has 1 aromatic carbocycles. The molecular weight excluding hydrogens is 250 g/mol. The van der Waals surface area contributed by atoms with E-state index < -0.39 is 10.0 Å². The Bertz CT molecular complexity index is 648. The van der Waals surface area contributed by atoms with E-state index in [0.717, 1.165) is 12.2 Å². The fourth-order valence-corrected chi connectivity index (χ4v) is 2.54. The standard InChI is InChI=1S/C9H10ClN3O2S/c1-2-9-12-6-3-5(10)8(16(11,14)15)4-7(6)13-9/h3-4H,2H2,1H3,(H,12,13)(H2,11,14,15). The molecule has 0 fully saturated rings. The number of fused-ring (bicyclic) bond motifs is 1. The van der Waals surface area contributed by atoms with Crippen LogP contribution in [-0.2, 0) is 16.4 Å². The Morgan fingerprint density at radius 2 is 2.19 bits per heavy atom. The zero-order valence-corrected chi connectivity index (χ0v) is 10.1. The number of hydrogen-bond donors (Lipinski definition) is 2. The zero-order valence-electron chi connectivity index (χ0n) is 8.49. The fourth-order valence-electron chi connectivity index (χ4n) is 1.45. The summed E-state index contributed by atoms with van der Waals surface area (Å²) < 4.78 is 22.5. The molecule has 0 saturated carbocycles. The van der Waals surface area contributed by atoms with Gasteiger partial charge in [0.2, 0.25) is 10.0 Å². The summed E-state index contributed by atoms with van der Waals surface area (Å²) in [6, 6.07) is 2.89. The Hall–Kier alpha value is -1.11. The molecule has 0 radical (unpaired) electrons. The highest BCUT2D eigenvalue weighted by Crippen LogP contribution is 2.25. The first-order chi connectivity index (χ1) is 7.41. The molecule has 16 heavy (non-hydrogen) atoms. The van der Waals surface area contributed by atoms with Crippen molar-refractivity contribution in [1.82, 2.24) is 9.97 Å². The first-order valence-corrected chi connectivity index (χ1v) is 6.55. The van der Waals surface area contributed by atoms with Gasteiger partial charge in [-0.05, 0) is 12.1 Å². The average Bonchev–Trinajstić information content (AvgIpc) is 2.56. The molecule has 0 unspecified atom stereocenters. The van der Waals surface area contributed by atoms with Gasteiger partial charge >= 0.3 is 0 Å². The minimum atomic E-state index is -3.80. The van der Waals surface area contributed by atoms with Crippen molar-refractivity contribution in [2.75, 3.05) is 0 Å². The number of halogens is 1. The number of hydrogen-bond acceptors (Lipinski definition) is 3. The summed E-state index contributed by atoms with van der Waals surface area (Å²) in [5.41, 5.74) is 1.25. The Morgan fingerprint density at radius 1 is 1.50 bits per heavy atom. The predicted molar refractivity (Wildman–Crippen MR) is 61.9 cm³/mol. The molecule has 0 atom stereocenters. The quantitative estimate of drug-likeness (QED) is 0.855. The van der Waals surface area contributed by atoms with E-state index in [0.29, 0.717) is 11.0 Å². The minimum absolute atomic E-state index is 0.0872. The van der Waals surface area contributed by atoms with Gasteiger partial charge in [-0.1, -0.05) is 18.5 Å². The van der Waals surface area contributed by atoms with Crippen LogP contribution in [-0.4, -0.2) is 18.4 Å². The molecule has 1 heterocycles. The minimum Gasteiger partial charge on any atom is -0.342 e. The number of nitrogens with one attached hydrogen (secondary N) is 1. The molecule has 3 N–H and O–H groups in total. The third kappa shape index (κ3) is 1.91. The number of nitrogens with two attached hydrogens (primary N) is 1. The van der Waals surface area contributed by atoms with E-state index in [1.165, 1.54) is 12.1 Å². The summed E-state index contributed by atoms with van der Waals surface area (Å²) in [4.78, 5) is 7.14. The van der Waals surface area contributed by atoms with Gasteiger partial charge < -0.3 is 4.98 Å². The van der Waals surface area contributed by atoms with Gasteiger partial charge in [-0.25, -0.2) is 18.5 Å². The molecule has 1 aromatic heterocycles. The van der Waals surface area contributed by atoms with E-state index in [2.05, 4.69) is 9.97 Å². The van der Waals surface area contributed by atoms with Gasteiger partial charge in [0.15, 0.2) is 0 Å². The highest BCUT2D eigenvalue weighted by Gasteiger charge is 2.15. The van der Waals surface area contributed by atoms with E-state index in [9.17, 15) is 8.42 Å². The maximum absolute atomic E-state index is 11.2. The Labute approximate surface area is 97.7 Å². The molecule has 7 heteroatoms. The highest BCUT2D eigenvalue weighted by molar-refractivity contribution is 7.89. The lowest BCUT2D eigenvalue weighted by atomic mass is 10.3. The van der Waals surface area contributed by atoms with Gasteiger partial charge in [0.05, 0.1) is 16.1 Å². The third-order valence-corrected chi connectivity index (χ3v) is 3.60. The second kappa shape index (κ2) is 3.73. The van der Waals surface area contributed by atoms with Crippen LogP contribution in [0.5, 0.6) is 0 Å². The molecule has 0 aliphatic heterocycles. The van der Waals surface area contributed by atoms with Gasteiger partial charge in [0, 0.05) is 6.42 Å². The Kier molecular flexibility index (Phi) is 2.65. The van der Waals surface area contributed by atoms with Crippen molar-refractivity contribution in [2.45, 2.75) is 18.2 Å². The third-order valence-electron chi connectivity index (χ3n) is 2.23. The molecular formula is C9H10ClN3O2S. The molecule has 0 spiro atoms. The lowest BCUT2D eigenvalue weighted by Gasteiger charge is -2.00. The van der Waals surface area contributed by atoms with Crippen LogP contribution in [0, 0.1) is 0 Å². The fraction of sp³-hybridized carbons (Fsp3) is 0.222. The molecule has 2 rings (SSSR count). The number of aryl methyl sites for hydroxylation is 1. The van der Waals surface area contributed by atoms with Crippen LogP contribution in [0.15, 0.2) is 17.0 Å². The summed E-state index contributed by atoms with van der Waals surface area (Å²) in [6.45, 7) is 1.94. The van der Waals surface area contributed by atoms with Gasteiger partial charge in [-0.3, -0.25) is 0 Å². The van der Waals surface area contributed by atoms with Crippen LogP contribution in [0.4, 0.5) is 0 Å². The van der Waals surface area contributed by atoms with Gasteiger partial charge in [0.1, 0.15) is 10.7 Å². The number of H-pyrrole nitrogens is 1. The Balaban J connectivity index is 2.75. The first-order valence-electron chi connectivity index (χ1n) is 4.62. The number of aromatic amines is 1. The maximum Gasteiger partial charge on any atom is 0.239 e. The average molecular weight is 260 g/mol. The first kappa shape index (κ1) is 11.4. The number of benzene rings is 1. The summed E-state index contributed by atoms with van der Waals surface area (Å²) in [5.74, 6) is 0.776. The Morgan fingerprint density at radius 3 is 2.75 bits per heavy atom. The van der Waals surface area contributed by atoms with Crippen molar-refractivity contribution in [1.29, 1.82) is 0 Å². The van der Waals surface area contributed by atoms with Crippen LogP contribution in [0.1, 0.15) is 12.7 Å². The highest BCUT2D eigenvalue weighted by atomic mass is 35.5. The number of sulfonamides is 1. The number of rotatable bonds is 2. The van der Waals surface area contributed by atoms with Crippen molar-refractivity contribution in [2.24, 2.45) is 5.14 Å². The molecule has 0 aliphatic rings. The van der Waals surface area contributed by atoms with Crippen molar-refractivity contribution in [3.05, 3.63) is 23.0 Å². The molecule has 0 amide bonds. The topological polar surface area (TPSA) is 88.8 Å². The number of nitrogens with zero attached hydrogens (tertiary/aromatic N) is 1. The van der Waals surface area contributed by atoms with Crippen LogP contribution in [0.3, 0.4) is 0 Å². The normalized spacial score (nSPS) is 12.2. The molecule has 2 aromatic rings. The second-order valence-electron chi connectivity index (χ2n) is 3.38. The van der Waals surface area contributed by atoms with Crippen LogP contribution < -0.4 is 5.14 Å². The summed E-state index contributed by atoms with van der Waals surface area (Å²) in [6.07, 6.45) is 0.733. The smallest absolute Gasteiger partial charge is 0.239 e. The van der Waals surface area contributed by atoms with Gasteiger partial charge in [-0.15, -0.1) is 0 Å². The summed E-state index contributed by atoms with van der Waals surface area (Å²) >= 11 is 5.83. The van der Waals surface area contributed by atoms with E-state index >= 15 is 0 Å². The lowest BCUT2D eigenvalue weighted by molar-refractivity contribution is 0.598. The maximum atomic E-state index is 11.2. The van der Waals surface area contributed by atoms with Crippen LogP contribution in [0.2, 0.25) is 5.02 Å². The van der Waals surface area contributed by atoms with Crippen molar-refractivity contribution in [3.8, 4) is 0 Å². The second-order valence-corrected chi connectivity index (χ2v) is 5.32. The molecule has 86 valence electrons. The molecule has 0 aliphatic carbocycles. The largest absolute Gasteiger partial charge is 0.342 e. The van der Waals surface area contributed by atoms with Gasteiger partial charge in [0.25, 0.3) is 0 Å². The van der Waals surface area contributed by atoms with Gasteiger partial charge in [-0.2, -0.15) is 0 Å². The lowest BCUT2D eigenvalue weighted by Crippen LogP contribution is -2.12. The van der Waals surface area contributed by atoms with Crippen LogP contribution in [0.25, 0.3) is 11.0 Å².